The SMILES string of the molecule is CCOC(=O)C(C#N)=Cc1ccc(-c2nc3c([nH]2)CC2CC3C2(C)C)cc1. The quantitative estimate of drug-likeness (QED) is 0.502. The molecule has 5 nitrogen and oxygen atoms in total. The van der Waals surface area contributed by atoms with Gasteiger partial charge in [-0.2, -0.15) is 5.26 Å². The third-order valence-electron chi connectivity index (χ3n) is 6.17. The number of hydrogen-bond acceptors (Lipinski definition) is 4. The number of nitrogens with one attached hydrogen (secondary N) is 1. The number of carbonyl (C=O) groups excluding carboxylic acids is 1. The van der Waals surface area contributed by atoms with Crippen molar-refractivity contribution in [1.29, 1.82) is 5.26 Å². The van der Waals surface area contributed by atoms with Crippen LogP contribution in [0.2, 0.25) is 0 Å². The molecule has 5 heteroatoms. The van der Waals surface area contributed by atoms with Gasteiger partial charge in [0.15, 0.2) is 0 Å². The first-order valence-electron chi connectivity index (χ1n) is 9.42. The number of carbonyl (C=O) groups is 1. The smallest absolute Gasteiger partial charge is 0.348 e. The molecule has 0 saturated heterocycles. The highest BCUT2D eigenvalue weighted by Crippen LogP contribution is 2.61. The molecule has 1 aromatic heterocycles. The summed E-state index contributed by atoms with van der Waals surface area (Å²) in [5, 5.41) is 9.15. The molecule has 0 spiro atoms. The molecule has 2 unspecified atom stereocenters. The van der Waals surface area contributed by atoms with Gasteiger partial charge in [-0.3, -0.25) is 0 Å². The monoisotopic (exact) mass is 361 g/mol. The van der Waals surface area contributed by atoms with Gasteiger partial charge in [0.05, 0.1) is 12.3 Å². The summed E-state index contributed by atoms with van der Waals surface area (Å²) >= 11 is 0. The van der Waals surface area contributed by atoms with E-state index in [9.17, 15) is 4.79 Å². The first kappa shape index (κ1) is 17.5. The summed E-state index contributed by atoms with van der Waals surface area (Å²) in [6, 6.07) is 9.60. The van der Waals surface area contributed by atoms with Crippen LogP contribution in [0.15, 0.2) is 29.8 Å². The van der Waals surface area contributed by atoms with Gasteiger partial charge >= 0.3 is 5.97 Å². The molecule has 2 aromatic rings. The van der Waals surface area contributed by atoms with Gasteiger partial charge in [0.2, 0.25) is 0 Å². The molecule has 2 atom stereocenters. The van der Waals surface area contributed by atoms with E-state index in [4.69, 9.17) is 15.0 Å². The van der Waals surface area contributed by atoms with Crippen molar-refractivity contribution in [1.82, 2.24) is 9.97 Å². The Morgan fingerprint density at radius 2 is 2.15 bits per heavy atom. The maximum absolute atomic E-state index is 11.7. The summed E-state index contributed by atoms with van der Waals surface area (Å²) < 4.78 is 4.89. The fourth-order valence-corrected chi connectivity index (χ4v) is 4.33. The Bertz CT molecular complexity index is 960. The fraction of sp³-hybridized carbons (Fsp3) is 0.409. The molecule has 1 N–H and O–H groups in total. The lowest BCUT2D eigenvalue weighted by atomic mass is 9.49. The summed E-state index contributed by atoms with van der Waals surface area (Å²) in [5.74, 6) is 1.61. The minimum Gasteiger partial charge on any atom is -0.462 e. The number of aromatic amines is 1. The van der Waals surface area contributed by atoms with E-state index in [1.807, 2.05) is 30.3 Å². The molecule has 138 valence electrons. The molecule has 2 bridgehead atoms. The lowest BCUT2D eigenvalue weighted by Crippen LogP contribution is -2.48. The van der Waals surface area contributed by atoms with E-state index in [1.54, 1.807) is 13.0 Å². The van der Waals surface area contributed by atoms with Gasteiger partial charge < -0.3 is 9.72 Å². The van der Waals surface area contributed by atoms with Gasteiger partial charge in [-0.05, 0) is 42.7 Å². The van der Waals surface area contributed by atoms with Crippen LogP contribution >= 0.6 is 0 Å². The molecule has 0 radical (unpaired) electrons. The molecule has 5 rings (SSSR count). The lowest BCUT2D eigenvalue weighted by Gasteiger charge is -2.55. The Hall–Kier alpha value is -2.87. The second-order valence-corrected chi connectivity index (χ2v) is 7.97. The highest BCUT2D eigenvalue weighted by Gasteiger charge is 2.54. The van der Waals surface area contributed by atoms with E-state index in [0.717, 1.165) is 29.3 Å². The Labute approximate surface area is 159 Å². The van der Waals surface area contributed by atoms with Gasteiger partial charge in [0.25, 0.3) is 0 Å². The van der Waals surface area contributed by atoms with Crippen LogP contribution in [0, 0.1) is 22.7 Å². The van der Waals surface area contributed by atoms with Crippen LogP contribution in [0.25, 0.3) is 17.5 Å². The number of nitriles is 1. The normalized spacial score (nSPS) is 22.4. The summed E-state index contributed by atoms with van der Waals surface area (Å²) in [6.45, 7) is 6.66. The Morgan fingerprint density at radius 3 is 2.78 bits per heavy atom. The first-order valence-corrected chi connectivity index (χ1v) is 9.42. The molecule has 1 saturated carbocycles. The third-order valence-corrected chi connectivity index (χ3v) is 6.17. The van der Waals surface area contributed by atoms with Gasteiger partial charge in [0, 0.05) is 17.2 Å². The van der Waals surface area contributed by atoms with Crippen molar-refractivity contribution in [2.24, 2.45) is 11.3 Å². The average Bonchev–Trinajstić information content (AvgIpc) is 3.10. The summed E-state index contributed by atoms with van der Waals surface area (Å²) in [7, 11) is 0. The van der Waals surface area contributed by atoms with E-state index in [1.165, 1.54) is 17.8 Å². The van der Waals surface area contributed by atoms with Crippen LogP contribution < -0.4 is 0 Å². The van der Waals surface area contributed by atoms with Gasteiger partial charge in [0.1, 0.15) is 17.5 Å². The third kappa shape index (κ3) is 2.86. The highest BCUT2D eigenvalue weighted by atomic mass is 16.5. The molecule has 0 aliphatic heterocycles. The van der Waals surface area contributed by atoms with Crippen molar-refractivity contribution in [3.8, 4) is 17.5 Å². The Balaban J connectivity index is 1.58. The number of H-pyrrole nitrogens is 1. The molecule has 0 amide bonds. The van der Waals surface area contributed by atoms with Crippen molar-refractivity contribution >= 4 is 12.0 Å². The average molecular weight is 361 g/mol. The maximum Gasteiger partial charge on any atom is 0.348 e. The summed E-state index contributed by atoms with van der Waals surface area (Å²) in [5.41, 5.74) is 4.66. The van der Waals surface area contributed by atoms with Crippen LogP contribution in [-0.2, 0) is 16.0 Å². The second kappa shape index (κ2) is 6.38. The number of ether oxygens (including phenoxy) is 1. The molecule has 3 aliphatic carbocycles. The van der Waals surface area contributed by atoms with E-state index in [-0.39, 0.29) is 12.2 Å². The predicted octanol–water partition coefficient (Wildman–Crippen LogP) is 4.23. The van der Waals surface area contributed by atoms with E-state index >= 15 is 0 Å². The van der Waals surface area contributed by atoms with Crippen LogP contribution in [0.3, 0.4) is 0 Å². The lowest BCUT2D eigenvalue weighted by molar-refractivity contribution is -0.137. The molecule has 1 fully saturated rings. The van der Waals surface area contributed by atoms with Crippen LogP contribution in [0.5, 0.6) is 0 Å². The highest BCUT2D eigenvalue weighted by molar-refractivity contribution is 5.97. The van der Waals surface area contributed by atoms with Crippen molar-refractivity contribution < 1.29 is 9.53 Å². The number of rotatable bonds is 4. The summed E-state index contributed by atoms with van der Waals surface area (Å²) in [6.07, 6.45) is 3.88. The van der Waals surface area contributed by atoms with Crippen LogP contribution in [0.4, 0.5) is 0 Å². The van der Waals surface area contributed by atoms with Crippen LogP contribution in [-0.4, -0.2) is 22.5 Å². The number of benzene rings is 1. The molecule has 1 heterocycles. The number of aromatic nitrogens is 2. The number of esters is 1. The number of nitrogens with zero attached hydrogens (tertiary/aromatic N) is 2. The minimum absolute atomic E-state index is 0.0000642. The zero-order valence-electron chi connectivity index (χ0n) is 15.9. The van der Waals surface area contributed by atoms with Crippen molar-refractivity contribution in [3.63, 3.8) is 0 Å². The molecular weight excluding hydrogens is 338 g/mol. The van der Waals surface area contributed by atoms with Crippen LogP contribution in [0.1, 0.15) is 50.1 Å². The van der Waals surface area contributed by atoms with Crippen molar-refractivity contribution in [2.45, 2.75) is 39.5 Å². The largest absolute Gasteiger partial charge is 0.462 e. The zero-order valence-corrected chi connectivity index (χ0v) is 15.9. The number of hydrogen-bond donors (Lipinski definition) is 1. The molecule has 1 aromatic carbocycles. The van der Waals surface area contributed by atoms with Gasteiger partial charge in [-0.15, -0.1) is 0 Å². The fourth-order valence-electron chi connectivity index (χ4n) is 4.33. The van der Waals surface area contributed by atoms with Gasteiger partial charge in [-0.1, -0.05) is 38.1 Å². The van der Waals surface area contributed by atoms with E-state index in [0.29, 0.717) is 11.3 Å². The van der Waals surface area contributed by atoms with E-state index in [2.05, 4.69) is 18.8 Å². The Kier molecular flexibility index (Phi) is 4.15. The zero-order chi connectivity index (χ0) is 19.2. The number of imidazole rings is 1. The van der Waals surface area contributed by atoms with Gasteiger partial charge in [-0.25, -0.2) is 9.78 Å². The molecule has 3 aliphatic rings. The second-order valence-electron chi connectivity index (χ2n) is 7.97. The first-order chi connectivity index (χ1) is 12.9. The minimum atomic E-state index is -0.593. The standard InChI is InChI=1S/C22H23N3O2/c1-4-27-21(26)15(12-23)9-13-5-7-14(8-6-13)20-24-18-11-16-10-17(19(18)25-20)22(16,2)3/h5-9,16-17H,4,10-11H2,1-3H3,(H,24,25). The molecule has 27 heavy (non-hydrogen) atoms. The Morgan fingerprint density at radius 1 is 1.41 bits per heavy atom. The summed E-state index contributed by atoms with van der Waals surface area (Å²) in [4.78, 5) is 20.1. The van der Waals surface area contributed by atoms with Crippen molar-refractivity contribution in [3.05, 3.63) is 46.8 Å². The topological polar surface area (TPSA) is 78.8 Å². The van der Waals surface area contributed by atoms with E-state index < -0.39 is 5.97 Å². The van der Waals surface area contributed by atoms with Crippen molar-refractivity contribution in [2.75, 3.05) is 6.61 Å². The predicted molar refractivity (Wildman–Crippen MR) is 103 cm³/mol. The molecular formula is C22H23N3O2. The maximum atomic E-state index is 11.7.